The lowest BCUT2D eigenvalue weighted by molar-refractivity contribution is -0.131. The molecule has 3 aromatic rings. The number of carbonyl (C=O) groups excluding carboxylic acids is 1. The number of hydrogen-bond acceptors (Lipinski definition) is 5. The van der Waals surface area contributed by atoms with Gasteiger partial charge in [0.1, 0.15) is 5.82 Å². The topological polar surface area (TPSA) is 59.2 Å². The first-order valence-corrected chi connectivity index (χ1v) is 10.5. The maximum atomic E-state index is 13.0. The molecule has 146 valence electrons. The zero-order valence-electron chi connectivity index (χ0n) is 15.5. The maximum Gasteiger partial charge on any atom is 0.257 e. The molecule has 4 rings (SSSR count). The van der Waals surface area contributed by atoms with Crippen LogP contribution in [-0.4, -0.2) is 34.0 Å². The van der Waals surface area contributed by atoms with Crippen LogP contribution in [0.2, 0.25) is 0 Å². The number of piperidine rings is 1. The van der Waals surface area contributed by atoms with Gasteiger partial charge in [0.05, 0.1) is 6.42 Å². The van der Waals surface area contributed by atoms with Crippen molar-refractivity contribution < 1.29 is 13.7 Å². The summed E-state index contributed by atoms with van der Waals surface area (Å²) in [4.78, 5) is 18.8. The van der Waals surface area contributed by atoms with Crippen molar-refractivity contribution in [2.24, 2.45) is 5.92 Å². The van der Waals surface area contributed by atoms with Gasteiger partial charge in [0.2, 0.25) is 5.91 Å². The smallest absolute Gasteiger partial charge is 0.257 e. The number of rotatable bonds is 6. The Hall–Kier alpha value is -2.54. The van der Waals surface area contributed by atoms with Gasteiger partial charge in [-0.2, -0.15) is 16.3 Å². The van der Waals surface area contributed by atoms with Crippen molar-refractivity contribution in [1.82, 2.24) is 15.0 Å². The van der Waals surface area contributed by atoms with Crippen LogP contribution in [0.4, 0.5) is 4.39 Å². The summed E-state index contributed by atoms with van der Waals surface area (Å²) in [6.07, 6.45) is 4.26. The van der Waals surface area contributed by atoms with Crippen molar-refractivity contribution in [2.45, 2.75) is 32.1 Å². The molecule has 1 aliphatic heterocycles. The maximum absolute atomic E-state index is 13.0. The number of aryl methyl sites for hydroxylation is 1. The minimum Gasteiger partial charge on any atom is -0.342 e. The highest BCUT2D eigenvalue weighted by Gasteiger charge is 2.23. The predicted octanol–water partition coefficient (Wildman–Crippen LogP) is 4.35. The molecule has 1 saturated heterocycles. The molecule has 0 aliphatic carbocycles. The predicted molar refractivity (Wildman–Crippen MR) is 105 cm³/mol. The number of nitrogens with zero attached hydrogens (tertiary/aromatic N) is 3. The molecule has 1 aromatic carbocycles. The highest BCUT2D eigenvalue weighted by Crippen LogP contribution is 2.24. The summed E-state index contributed by atoms with van der Waals surface area (Å²) in [5.74, 6) is 1.60. The van der Waals surface area contributed by atoms with Gasteiger partial charge in [0.25, 0.3) is 5.89 Å². The van der Waals surface area contributed by atoms with Crippen LogP contribution in [-0.2, 0) is 17.6 Å². The van der Waals surface area contributed by atoms with E-state index >= 15 is 0 Å². The van der Waals surface area contributed by atoms with E-state index in [0.29, 0.717) is 24.1 Å². The molecule has 0 spiro atoms. The lowest BCUT2D eigenvalue weighted by Crippen LogP contribution is -2.39. The zero-order valence-corrected chi connectivity index (χ0v) is 16.3. The number of thiophene rings is 1. The molecular weight excluding hydrogens is 377 g/mol. The van der Waals surface area contributed by atoms with Crippen molar-refractivity contribution in [3.05, 3.63) is 58.3 Å². The molecule has 1 aliphatic rings. The number of aromatic nitrogens is 2. The summed E-state index contributed by atoms with van der Waals surface area (Å²) in [6, 6.07) is 8.05. The van der Waals surface area contributed by atoms with Crippen molar-refractivity contribution >= 4 is 17.2 Å². The van der Waals surface area contributed by atoms with Gasteiger partial charge in [-0.3, -0.25) is 4.79 Å². The van der Waals surface area contributed by atoms with E-state index in [1.165, 1.54) is 12.1 Å². The van der Waals surface area contributed by atoms with Crippen LogP contribution >= 0.6 is 11.3 Å². The van der Waals surface area contributed by atoms with Gasteiger partial charge >= 0.3 is 0 Å². The second kappa shape index (κ2) is 8.65. The Balaban J connectivity index is 1.23. The zero-order chi connectivity index (χ0) is 19.3. The van der Waals surface area contributed by atoms with Crippen LogP contribution in [0.5, 0.6) is 0 Å². The fourth-order valence-electron chi connectivity index (χ4n) is 3.55. The molecule has 0 bridgehead atoms. The van der Waals surface area contributed by atoms with Gasteiger partial charge in [-0.25, -0.2) is 4.39 Å². The van der Waals surface area contributed by atoms with E-state index in [-0.39, 0.29) is 11.7 Å². The van der Waals surface area contributed by atoms with Crippen LogP contribution in [0, 0.1) is 11.7 Å². The summed E-state index contributed by atoms with van der Waals surface area (Å²) in [5, 5.41) is 8.09. The Morgan fingerprint density at radius 1 is 1.21 bits per heavy atom. The molecule has 1 fully saturated rings. The molecule has 0 atom stereocenters. The molecular formula is C21H22FN3O2S. The quantitative estimate of drug-likeness (QED) is 0.618. The average molecular weight is 399 g/mol. The highest BCUT2D eigenvalue weighted by molar-refractivity contribution is 7.08. The lowest BCUT2D eigenvalue weighted by atomic mass is 9.92. The number of amides is 1. The fraction of sp³-hybridized carbons (Fsp3) is 0.381. The van der Waals surface area contributed by atoms with Crippen molar-refractivity contribution in [3.63, 3.8) is 0 Å². The third kappa shape index (κ3) is 4.65. The van der Waals surface area contributed by atoms with E-state index in [2.05, 4.69) is 10.1 Å². The van der Waals surface area contributed by atoms with Gasteiger partial charge in [0, 0.05) is 25.1 Å². The van der Waals surface area contributed by atoms with E-state index in [9.17, 15) is 9.18 Å². The Labute approximate surface area is 167 Å². The van der Waals surface area contributed by atoms with Crippen LogP contribution in [0.15, 0.2) is 45.6 Å². The Bertz CT molecular complexity index is 900. The van der Waals surface area contributed by atoms with Gasteiger partial charge in [-0.1, -0.05) is 5.16 Å². The molecule has 2 aromatic heterocycles. The monoisotopic (exact) mass is 399 g/mol. The molecule has 1 amide bonds. The molecule has 0 radical (unpaired) electrons. The SMILES string of the molecule is O=C(Cc1ccsc1)N1CCC(CCc2noc(-c3ccc(F)cc3)n2)CC1. The second-order valence-corrected chi connectivity index (χ2v) is 7.97. The van der Waals surface area contributed by atoms with Gasteiger partial charge in [-0.05, 0) is 71.8 Å². The minimum atomic E-state index is -0.288. The Morgan fingerprint density at radius 3 is 2.71 bits per heavy atom. The van der Waals surface area contributed by atoms with Crippen LogP contribution < -0.4 is 0 Å². The van der Waals surface area contributed by atoms with Crippen LogP contribution in [0.3, 0.4) is 0 Å². The first-order chi connectivity index (χ1) is 13.7. The summed E-state index contributed by atoms with van der Waals surface area (Å²) >= 11 is 1.63. The fourth-order valence-corrected chi connectivity index (χ4v) is 4.22. The van der Waals surface area contributed by atoms with Gasteiger partial charge in [-0.15, -0.1) is 0 Å². The summed E-state index contributed by atoms with van der Waals surface area (Å²) in [6.45, 7) is 1.64. The minimum absolute atomic E-state index is 0.221. The molecule has 5 nitrogen and oxygen atoms in total. The summed E-state index contributed by atoms with van der Waals surface area (Å²) in [5.41, 5.74) is 1.82. The van der Waals surface area contributed by atoms with E-state index < -0.39 is 0 Å². The molecule has 0 unspecified atom stereocenters. The normalized spacial score (nSPS) is 15.1. The molecule has 7 heteroatoms. The van der Waals surface area contributed by atoms with E-state index in [4.69, 9.17) is 4.52 Å². The van der Waals surface area contributed by atoms with Crippen LogP contribution in [0.25, 0.3) is 11.5 Å². The lowest BCUT2D eigenvalue weighted by Gasteiger charge is -2.32. The molecule has 3 heterocycles. The third-order valence-electron chi connectivity index (χ3n) is 5.24. The van der Waals surface area contributed by atoms with Crippen LogP contribution in [0.1, 0.15) is 30.7 Å². The largest absolute Gasteiger partial charge is 0.342 e. The van der Waals surface area contributed by atoms with Crippen molar-refractivity contribution in [2.75, 3.05) is 13.1 Å². The first kappa shape index (κ1) is 18.8. The Morgan fingerprint density at radius 2 is 2.00 bits per heavy atom. The van der Waals surface area contributed by atoms with E-state index in [0.717, 1.165) is 49.9 Å². The van der Waals surface area contributed by atoms with Gasteiger partial charge in [0.15, 0.2) is 5.82 Å². The summed E-state index contributed by atoms with van der Waals surface area (Å²) < 4.78 is 18.3. The number of benzene rings is 1. The number of hydrogen-bond donors (Lipinski definition) is 0. The first-order valence-electron chi connectivity index (χ1n) is 9.55. The molecule has 28 heavy (non-hydrogen) atoms. The van der Waals surface area contributed by atoms with Gasteiger partial charge < -0.3 is 9.42 Å². The molecule has 0 N–H and O–H groups in total. The second-order valence-electron chi connectivity index (χ2n) is 7.19. The average Bonchev–Trinajstić information content (AvgIpc) is 3.39. The number of likely N-dealkylation sites (tertiary alicyclic amines) is 1. The summed E-state index contributed by atoms with van der Waals surface area (Å²) in [7, 11) is 0. The third-order valence-corrected chi connectivity index (χ3v) is 5.97. The Kier molecular flexibility index (Phi) is 5.81. The van der Waals surface area contributed by atoms with E-state index in [1.807, 2.05) is 21.7 Å². The number of halogens is 1. The van der Waals surface area contributed by atoms with Crippen molar-refractivity contribution in [1.29, 1.82) is 0 Å². The number of carbonyl (C=O) groups is 1. The van der Waals surface area contributed by atoms with E-state index in [1.54, 1.807) is 23.5 Å². The van der Waals surface area contributed by atoms with Crippen molar-refractivity contribution in [3.8, 4) is 11.5 Å². The highest BCUT2D eigenvalue weighted by atomic mass is 32.1. The standard InChI is InChI=1S/C21H22FN3O2S/c22-18-4-2-17(3-5-18)21-23-19(24-27-21)6-1-15-7-10-25(11-8-15)20(26)13-16-9-12-28-14-16/h2-5,9,12,14-15H,1,6-8,10-11,13H2. The molecule has 0 saturated carbocycles.